The van der Waals surface area contributed by atoms with Gasteiger partial charge < -0.3 is 10.0 Å². The normalized spacial score (nSPS) is 16.0. The lowest BCUT2D eigenvalue weighted by Gasteiger charge is -2.36. The van der Waals surface area contributed by atoms with Crippen LogP contribution in [0, 0.1) is 0 Å². The molecule has 1 heterocycles. The topological polar surface area (TPSA) is 26.7 Å². The first-order chi connectivity index (χ1) is 10.6. The molecule has 116 valence electrons. The molecule has 3 nitrogen and oxygen atoms in total. The maximum atomic E-state index is 9.36. The maximum absolute atomic E-state index is 9.36. The molecular formula is C17H18Cl2N2O. The molecular weight excluding hydrogens is 319 g/mol. The number of anilines is 1. The molecule has 0 spiro atoms. The summed E-state index contributed by atoms with van der Waals surface area (Å²) >= 11 is 12.1. The van der Waals surface area contributed by atoms with E-state index in [4.69, 9.17) is 23.2 Å². The highest BCUT2D eigenvalue weighted by atomic mass is 35.5. The first-order valence-corrected chi connectivity index (χ1v) is 8.07. The van der Waals surface area contributed by atoms with Crippen molar-refractivity contribution in [3.05, 3.63) is 58.1 Å². The van der Waals surface area contributed by atoms with Crippen LogP contribution in [0.3, 0.4) is 0 Å². The van der Waals surface area contributed by atoms with Crippen molar-refractivity contribution < 1.29 is 5.11 Å². The van der Waals surface area contributed by atoms with Gasteiger partial charge in [0.15, 0.2) is 0 Å². The summed E-state index contributed by atoms with van der Waals surface area (Å²) in [6.45, 7) is 4.79. The van der Waals surface area contributed by atoms with Gasteiger partial charge in [0.2, 0.25) is 0 Å². The van der Waals surface area contributed by atoms with Crippen LogP contribution in [0.5, 0.6) is 5.75 Å². The summed E-state index contributed by atoms with van der Waals surface area (Å²) in [6.07, 6.45) is 0. The van der Waals surface area contributed by atoms with Gasteiger partial charge in [0, 0.05) is 48.5 Å². The van der Waals surface area contributed by atoms with E-state index in [9.17, 15) is 5.11 Å². The molecule has 1 aliphatic heterocycles. The molecule has 0 unspecified atom stereocenters. The standard InChI is InChI=1S/C17H18Cl2N2O/c18-14-9-13(10-15(19)11-14)12-20-5-7-21(8-6-20)16-1-3-17(22)4-2-16/h1-4,9-11,22H,5-8,12H2. The zero-order valence-corrected chi connectivity index (χ0v) is 13.7. The Labute approximate surface area is 140 Å². The van der Waals surface area contributed by atoms with E-state index in [0.29, 0.717) is 15.8 Å². The minimum atomic E-state index is 0.306. The van der Waals surface area contributed by atoms with Crippen molar-refractivity contribution in [2.45, 2.75) is 6.54 Å². The molecule has 2 aromatic rings. The average Bonchev–Trinajstić information content (AvgIpc) is 2.48. The number of benzene rings is 2. The van der Waals surface area contributed by atoms with Gasteiger partial charge in [-0.1, -0.05) is 23.2 Å². The number of phenolic OH excluding ortho intramolecular Hbond substituents is 1. The lowest BCUT2D eigenvalue weighted by Crippen LogP contribution is -2.45. The second-order valence-corrected chi connectivity index (χ2v) is 6.43. The van der Waals surface area contributed by atoms with Gasteiger partial charge in [-0.05, 0) is 48.0 Å². The molecule has 3 rings (SSSR count). The molecule has 0 amide bonds. The second kappa shape index (κ2) is 6.78. The maximum Gasteiger partial charge on any atom is 0.115 e. The van der Waals surface area contributed by atoms with E-state index in [1.165, 1.54) is 0 Å². The van der Waals surface area contributed by atoms with Gasteiger partial charge in [-0.15, -0.1) is 0 Å². The number of nitrogens with zero attached hydrogens (tertiary/aromatic N) is 2. The predicted molar refractivity (Wildman–Crippen MR) is 92.1 cm³/mol. The van der Waals surface area contributed by atoms with Gasteiger partial charge in [-0.2, -0.15) is 0 Å². The molecule has 0 atom stereocenters. The number of phenols is 1. The van der Waals surface area contributed by atoms with Crippen LogP contribution in [0.1, 0.15) is 5.56 Å². The van der Waals surface area contributed by atoms with E-state index in [-0.39, 0.29) is 0 Å². The minimum absolute atomic E-state index is 0.306. The first kappa shape index (κ1) is 15.5. The number of halogens is 2. The Morgan fingerprint density at radius 1 is 0.864 bits per heavy atom. The summed E-state index contributed by atoms with van der Waals surface area (Å²) in [5.41, 5.74) is 2.30. The third kappa shape index (κ3) is 3.86. The summed E-state index contributed by atoms with van der Waals surface area (Å²) in [6, 6.07) is 13.1. The molecule has 5 heteroatoms. The molecule has 1 saturated heterocycles. The Kier molecular flexibility index (Phi) is 4.77. The van der Waals surface area contributed by atoms with Gasteiger partial charge in [0.05, 0.1) is 0 Å². The van der Waals surface area contributed by atoms with Crippen molar-refractivity contribution in [1.82, 2.24) is 4.90 Å². The summed E-state index contributed by atoms with van der Waals surface area (Å²) in [5, 5.41) is 10.7. The van der Waals surface area contributed by atoms with Crippen LogP contribution in [0.15, 0.2) is 42.5 Å². The fourth-order valence-electron chi connectivity index (χ4n) is 2.79. The number of aromatic hydroxyl groups is 1. The fourth-order valence-corrected chi connectivity index (χ4v) is 3.36. The lowest BCUT2D eigenvalue weighted by molar-refractivity contribution is 0.250. The molecule has 1 N–H and O–H groups in total. The number of hydrogen-bond donors (Lipinski definition) is 1. The number of rotatable bonds is 3. The SMILES string of the molecule is Oc1ccc(N2CCN(Cc3cc(Cl)cc(Cl)c3)CC2)cc1. The summed E-state index contributed by atoms with van der Waals surface area (Å²) < 4.78 is 0. The van der Waals surface area contributed by atoms with Crippen molar-refractivity contribution in [1.29, 1.82) is 0 Å². The third-order valence-corrected chi connectivity index (χ3v) is 4.35. The van der Waals surface area contributed by atoms with Gasteiger partial charge in [0.1, 0.15) is 5.75 Å². The Balaban J connectivity index is 1.58. The largest absolute Gasteiger partial charge is 0.508 e. The van der Waals surface area contributed by atoms with Crippen LogP contribution in [0.4, 0.5) is 5.69 Å². The molecule has 1 fully saturated rings. The molecule has 0 saturated carbocycles. The highest BCUT2D eigenvalue weighted by Crippen LogP contribution is 2.22. The van der Waals surface area contributed by atoms with Gasteiger partial charge in [0.25, 0.3) is 0 Å². The van der Waals surface area contributed by atoms with Crippen molar-refractivity contribution in [2.24, 2.45) is 0 Å². The smallest absolute Gasteiger partial charge is 0.115 e. The predicted octanol–water partition coefficient (Wildman–Crippen LogP) is 4.02. The minimum Gasteiger partial charge on any atom is -0.508 e. The van der Waals surface area contributed by atoms with Crippen molar-refractivity contribution >= 4 is 28.9 Å². The molecule has 0 bridgehead atoms. The van der Waals surface area contributed by atoms with Gasteiger partial charge in [-0.25, -0.2) is 0 Å². The zero-order valence-electron chi connectivity index (χ0n) is 12.2. The highest BCUT2D eigenvalue weighted by molar-refractivity contribution is 6.34. The van der Waals surface area contributed by atoms with Crippen LogP contribution < -0.4 is 4.90 Å². The summed E-state index contributed by atoms with van der Waals surface area (Å²) in [7, 11) is 0. The fraction of sp³-hybridized carbons (Fsp3) is 0.294. The van der Waals surface area contributed by atoms with E-state index < -0.39 is 0 Å². The third-order valence-electron chi connectivity index (χ3n) is 3.92. The molecule has 1 aliphatic rings. The molecule has 2 aromatic carbocycles. The van der Waals surface area contributed by atoms with E-state index in [2.05, 4.69) is 9.80 Å². The van der Waals surface area contributed by atoms with E-state index in [0.717, 1.165) is 44.0 Å². The van der Waals surface area contributed by atoms with Crippen LogP contribution in [-0.2, 0) is 6.54 Å². The van der Waals surface area contributed by atoms with Crippen LogP contribution >= 0.6 is 23.2 Å². The number of hydrogen-bond acceptors (Lipinski definition) is 3. The van der Waals surface area contributed by atoms with Crippen LogP contribution in [-0.4, -0.2) is 36.2 Å². The summed E-state index contributed by atoms with van der Waals surface area (Å²) in [5.74, 6) is 0.306. The Morgan fingerprint density at radius 2 is 1.45 bits per heavy atom. The number of piperazine rings is 1. The van der Waals surface area contributed by atoms with E-state index in [1.807, 2.05) is 24.3 Å². The Bertz CT molecular complexity index is 617. The van der Waals surface area contributed by atoms with Gasteiger partial charge in [-0.3, -0.25) is 4.90 Å². The average molecular weight is 337 g/mol. The monoisotopic (exact) mass is 336 g/mol. The van der Waals surface area contributed by atoms with E-state index >= 15 is 0 Å². The zero-order chi connectivity index (χ0) is 15.5. The molecule has 0 aliphatic carbocycles. The molecule has 0 radical (unpaired) electrons. The quantitative estimate of drug-likeness (QED) is 0.916. The summed E-state index contributed by atoms with van der Waals surface area (Å²) in [4.78, 5) is 4.74. The van der Waals surface area contributed by atoms with Gasteiger partial charge >= 0.3 is 0 Å². The molecule has 22 heavy (non-hydrogen) atoms. The highest BCUT2D eigenvalue weighted by Gasteiger charge is 2.17. The Hall–Kier alpha value is -1.42. The van der Waals surface area contributed by atoms with Crippen LogP contribution in [0.25, 0.3) is 0 Å². The van der Waals surface area contributed by atoms with Crippen molar-refractivity contribution in [3.8, 4) is 5.75 Å². The van der Waals surface area contributed by atoms with Crippen molar-refractivity contribution in [3.63, 3.8) is 0 Å². The van der Waals surface area contributed by atoms with Crippen molar-refractivity contribution in [2.75, 3.05) is 31.1 Å². The Morgan fingerprint density at radius 3 is 2.05 bits per heavy atom. The van der Waals surface area contributed by atoms with E-state index in [1.54, 1.807) is 18.2 Å². The first-order valence-electron chi connectivity index (χ1n) is 7.31. The second-order valence-electron chi connectivity index (χ2n) is 5.56. The van der Waals surface area contributed by atoms with Crippen LogP contribution in [0.2, 0.25) is 10.0 Å². The molecule has 0 aromatic heterocycles. The lowest BCUT2D eigenvalue weighted by atomic mass is 10.2.